The number of hydrogen-bond donors (Lipinski definition) is 3. The number of benzene rings is 1. The van der Waals surface area contributed by atoms with E-state index in [1.165, 1.54) is 31.4 Å². The van der Waals surface area contributed by atoms with Crippen LogP contribution < -0.4 is 4.74 Å². The number of piperidine rings is 1. The number of phenols is 1. The maximum absolute atomic E-state index is 12.9. The van der Waals surface area contributed by atoms with Gasteiger partial charge < -0.3 is 19.4 Å². The van der Waals surface area contributed by atoms with Crippen molar-refractivity contribution in [3.63, 3.8) is 0 Å². The maximum Gasteiger partial charge on any atom is 0.270 e. The molecule has 2 bridgehead atoms. The zero-order chi connectivity index (χ0) is 23.9. The first-order chi connectivity index (χ1) is 16.9. The fourth-order valence-corrected chi connectivity index (χ4v) is 7.48. The number of carbonyl (C=O) groups is 1. The van der Waals surface area contributed by atoms with Crippen molar-refractivity contribution in [2.24, 2.45) is 5.92 Å². The van der Waals surface area contributed by atoms with Crippen LogP contribution in [0, 0.1) is 5.92 Å². The Hall–Kier alpha value is -2.81. The molecule has 1 spiro atoms. The SMILES string of the molecule is O=C(/C=C/c1ccoc1)N(O)[C@H]1CC[C@@]2(O)[C@H]3Cc4ccc(O)c5c4[C@@]2(CCN3CC2CC2)[C@H]1O5. The van der Waals surface area contributed by atoms with E-state index in [9.17, 15) is 20.2 Å². The molecular formula is C27H30N2O6. The van der Waals surface area contributed by atoms with Gasteiger partial charge in [0.05, 0.1) is 29.6 Å². The summed E-state index contributed by atoms with van der Waals surface area (Å²) in [4.78, 5) is 15.4. The fraction of sp³-hybridized carbons (Fsp3) is 0.519. The third-order valence-electron chi connectivity index (χ3n) is 9.23. The monoisotopic (exact) mass is 478 g/mol. The number of aromatic hydroxyl groups is 1. The van der Waals surface area contributed by atoms with Gasteiger partial charge in [0.2, 0.25) is 0 Å². The topological polar surface area (TPSA) is 107 Å². The number of rotatable bonds is 5. The minimum absolute atomic E-state index is 0.0446. The quantitative estimate of drug-likeness (QED) is 0.345. The molecule has 3 fully saturated rings. The van der Waals surface area contributed by atoms with E-state index < -0.39 is 29.1 Å². The summed E-state index contributed by atoms with van der Waals surface area (Å²) in [5.74, 6) is 0.606. The van der Waals surface area contributed by atoms with E-state index in [2.05, 4.69) is 4.90 Å². The fourth-order valence-electron chi connectivity index (χ4n) is 7.48. The molecule has 2 aromatic rings. The molecule has 1 aromatic heterocycles. The maximum atomic E-state index is 12.9. The van der Waals surface area contributed by atoms with Crippen molar-refractivity contribution in [2.75, 3.05) is 13.1 Å². The number of ether oxygens (including phenoxy) is 1. The molecule has 0 radical (unpaired) electrons. The first-order valence-electron chi connectivity index (χ1n) is 12.6. The number of furan rings is 1. The minimum atomic E-state index is -1.05. The highest BCUT2D eigenvalue weighted by atomic mass is 16.5. The number of amides is 1. The number of likely N-dealkylation sites (tertiary alicyclic amines) is 1. The molecule has 184 valence electrons. The van der Waals surface area contributed by atoms with Crippen LogP contribution in [0.1, 0.15) is 48.8 Å². The molecule has 2 saturated carbocycles. The third-order valence-corrected chi connectivity index (χ3v) is 9.23. The lowest BCUT2D eigenvalue weighted by Crippen LogP contribution is -2.78. The Kier molecular flexibility index (Phi) is 4.51. The Morgan fingerprint density at radius 3 is 2.86 bits per heavy atom. The normalized spacial score (nSPS) is 35.1. The first-order valence-corrected chi connectivity index (χ1v) is 12.6. The van der Waals surface area contributed by atoms with E-state index in [-0.39, 0.29) is 11.8 Å². The van der Waals surface area contributed by atoms with Crippen molar-refractivity contribution in [3.8, 4) is 11.5 Å². The van der Waals surface area contributed by atoms with E-state index in [0.717, 1.165) is 34.8 Å². The van der Waals surface area contributed by atoms with Crippen LogP contribution in [0.3, 0.4) is 0 Å². The lowest BCUT2D eigenvalue weighted by atomic mass is 9.48. The van der Waals surface area contributed by atoms with Gasteiger partial charge >= 0.3 is 0 Å². The van der Waals surface area contributed by atoms with Crippen molar-refractivity contribution in [1.82, 2.24) is 9.96 Å². The number of hydrogen-bond acceptors (Lipinski definition) is 7. The lowest BCUT2D eigenvalue weighted by molar-refractivity contribution is -0.230. The summed E-state index contributed by atoms with van der Waals surface area (Å²) in [5, 5.41) is 35.0. The third kappa shape index (κ3) is 2.87. The van der Waals surface area contributed by atoms with Crippen LogP contribution in [-0.2, 0) is 16.6 Å². The van der Waals surface area contributed by atoms with Crippen LogP contribution in [-0.4, -0.2) is 68.2 Å². The molecule has 2 aliphatic heterocycles. The summed E-state index contributed by atoms with van der Waals surface area (Å²) in [6.45, 7) is 1.83. The largest absolute Gasteiger partial charge is 0.504 e. The molecule has 8 heteroatoms. The van der Waals surface area contributed by atoms with Gasteiger partial charge in [-0.25, -0.2) is 5.06 Å². The van der Waals surface area contributed by atoms with Crippen molar-refractivity contribution >= 4 is 12.0 Å². The molecule has 3 heterocycles. The summed E-state index contributed by atoms with van der Waals surface area (Å²) in [6, 6.07) is 4.65. The second kappa shape index (κ2) is 7.35. The predicted octanol–water partition coefficient (Wildman–Crippen LogP) is 2.85. The minimum Gasteiger partial charge on any atom is -0.504 e. The molecule has 3 aliphatic carbocycles. The highest BCUT2D eigenvalue weighted by Gasteiger charge is 2.73. The molecule has 7 rings (SSSR count). The Morgan fingerprint density at radius 1 is 1.23 bits per heavy atom. The molecule has 8 nitrogen and oxygen atoms in total. The van der Waals surface area contributed by atoms with Gasteiger partial charge in [0.25, 0.3) is 5.91 Å². The second-order valence-corrected chi connectivity index (χ2v) is 11.0. The van der Waals surface area contributed by atoms with Gasteiger partial charge in [0.15, 0.2) is 11.5 Å². The first kappa shape index (κ1) is 21.5. The summed E-state index contributed by atoms with van der Waals surface area (Å²) in [6.07, 6.45) is 10.0. The lowest BCUT2D eigenvalue weighted by Gasteiger charge is -2.64. The van der Waals surface area contributed by atoms with Crippen molar-refractivity contribution in [1.29, 1.82) is 0 Å². The molecule has 35 heavy (non-hydrogen) atoms. The number of carbonyl (C=O) groups excluding carboxylic acids is 1. The van der Waals surface area contributed by atoms with Crippen LogP contribution >= 0.6 is 0 Å². The summed E-state index contributed by atoms with van der Waals surface area (Å²) >= 11 is 0. The van der Waals surface area contributed by atoms with Crippen molar-refractivity contribution < 1.29 is 29.4 Å². The summed E-state index contributed by atoms with van der Waals surface area (Å²) in [7, 11) is 0. The number of nitrogens with zero attached hydrogens (tertiary/aromatic N) is 2. The average molecular weight is 479 g/mol. The van der Waals surface area contributed by atoms with E-state index in [1.807, 2.05) is 6.07 Å². The Morgan fingerprint density at radius 2 is 2.09 bits per heavy atom. The van der Waals surface area contributed by atoms with Gasteiger partial charge in [0.1, 0.15) is 6.10 Å². The highest BCUT2D eigenvalue weighted by Crippen LogP contribution is 2.66. The number of aliphatic hydroxyl groups is 1. The van der Waals surface area contributed by atoms with E-state index in [4.69, 9.17) is 9.15 Å². The summed E-state index contributed by atoms with van der Waals surface area (Å²) < 4.78 is 11.5. The predicted molar refractivity (Wildman–Crippen MR) is 125 cm³/mol. The van der Waals surface area contributed by atoms with Crippen LogP contribution in [0.2, 0.25) is 0 Å². The molecule has 5 atom stereocenters. The molecule has 1 aromatic carbocycles. The van der Waals surface area contributed by atoms with E-state index in [0.29, 0.717) is 37.4 Å². The van der Waals surface area contributed by atoms with Gasteiger partial charge in [-0.1, -0.05) is 6.07 Å². The van der Waals surface area contributed by atoms with Crippen molar-refractivity contribution in [2.45, 2.75) is 67.7 Å². The van der Waals surface area contributed by atoms with Gasteiger partial charge in [-0.15, -0.1) is 0 Å². The zero-order valence-corrected chi connectivity index (χ0v) is 19.5. The van der Waals surface area contributed by atoms with Crippen LogP contribution in [0.4, 0.5) is 0 Å². The van der Waals surface area contributed by atoms with Crippen LogP contribution in [0.15, 0.2) is 41.2 Å². The molecular weight excluding hydrogens is 448 g/mol. The van der Waals surface area contributed by atoms with Gasteiger partial charge in [-0.3, -0.25) is 14.9 Å². The Bertz CT molecular complexity index is 1210. The Balaban J connectivity index is 1.28. The average Bonchev–Trinajstić information content (AvgIpc) is 3.36. The van der Waals surface area contributed by atoms with Crippen molar-refractivity contribution in [3.05, 3.63) is 53.5 Å². The smallest absolute Gasteiger partial charge is 0.270 e. The van der Waals surface area contributed by atoms with E-state index in [1.54, 1.807) is 18.2 Å². The molecule has 3 N–H and O–H groups in total. The van der Waals surface area contributed by atoms with Gasteiger partial charge in [-0.2, -0.15) is 0 Å². The number of phenolic OH excluding ortho intramolecular Hbond substituents is 1. The second-order valence-electron chi connectivity index (χ2n) is 11.0. The number of hydroxylamine groups is 2. The zero-order valence-electron chi connectivity index (χ0n) is 19.5. The molecule has 1 saturated heterocycles. The molecule has 5 aliphatic rings. The van der Waals surface area contributed by atoms with E-state index >= 15 is 0 Å². The van der Waals surface area contributed by atoms with Gasteiger partial charge in [0, 0.05) is 29.8 Å². The summed E-state index contributed by atoms with van der Waals surface area (Å²) in [5.41, 5.74) is 0.862. The molecule has 1 amide bonds. The van der Waals surface area contributed by atoms with Gasteiger partial charge in [-0.05, 0) is 74.8 Å². The Labute approximate surface area is 203 Å². The highest BCUT2D eigenvalue weighted by molar-refractivity contribution is 5.91. The van der Waals surface area contributed by atoms with Crippen LogP contribution in [0.25, 0.3) is 6.08 Å². The standard InChI is InChI=1S/C27H30N2O6/c30-20-5-4-18-13-21-27(32)9-7-19(29(33)22(31)6-3-17-8-12-34-15-17)25-26(27,23(18)24(20)35-25)10-11-28(21)14-16-1-2-16/h3-6,8,12,15-16,19,21,25,30,32-33H,1-2,7,9-11,13-14H2/b6-3+/t19-,21+,25-,26-,27+/m0/s1. The molecule has 0 unspecified atom stereocenters. The van der Waals surface area contributed by atoms with Crippen LogP contribution in [0.5, 0.6) is 11.5 Å².